The van der Waals surface area contributed by atoms with Gasteiger partial charge in [0.15, 0.2) is 0 Å². The average molecular weight is 238 g/mol. The molecule has 0 bridgehead atoms. The molecule has 0 fully saturated rings. The molecule has 0 radical (unpaired) electrons. The molecule has 1 heterocycles. The molecule has 1 rings (SSSR count). The highest BCUT2D eigenvalue weighted by molar-refractivity contribution is 5.93. The molecule has 0 saturated heterocycles. The van der Waals surface area contributed by atoms with Crippen LogP contribution >= 0.6 is 0 Å². The molecule has 94 valence electrons. The van der Waals surface area contributed by atoms with Crippen molar-refractivity contribution in [3.05, 3.63) is 33.7 Å². The smallest absolute Gasteiger partial charge is 0.260 e. The lowest BCUT2D eigenvalue weighted by Crippen LogP contribution is -2.40. The maximum Gasteiger partial charge on any atom is 0.260 e. The van der Waals surface area contributed by atoms with Gasteiger partial charge in [-0.3, -0.25) is 9.59 Å². The van der Waals surface area contributed by atoms with Gasteiger partial charge >= 0.3 is 0 Å². The van der Waals surface area contributed by atoms with E-state index in [2.05, 4.69) is 10.3 Å². The second-order valence-electron chi connectivity index (χ2n) is 4.31. The first-order chi connectivity index (χ1) is 7.95. The average Bonchev–Trinajstić information content (AvgIpc) is 2.27. The normalized spacial score (nSPS) is 14.1. The number of rotatable bonds is 4. The van der Waals surface area contributed by atoms with Gasteiger partial charge in [-0.05, 0) is 31.9 Å². The number of carbonyl (C=O) groups is 1. The topological polar surface area (TPSA) is 82.2 Å². The molecule has 0 saturated carbocycles. The monoisotopic (exact) mass is 238 g/mol. The van der Waals surface area contributed by atoms with Crippen LogP contribution in [0, 0.1) is 12.8 Å². The van der Waals surface area contributed by atoms with Gasteiger partial charge in [0.2, 0.25) is 0 Å². The molecule has 1 aromatic heterocycles. The first-order valence-corrected chi connectivity index (χ1v) is 5.57. The lowest BCUT2D eigenvalue weighted by atomic mass is 10.0. The highest BCUT2D eigenvalue weighted by Gasteiger charge is 2.16. The summed E-state index contributed by atoms with van der Waals surface area (Å²) in [6.45, 7) is 5.36. The zero-order valence-corrected chi connectivity index (χ0v) is 10.3. The number of H-pyrrole nitrogens is 1. The van der Waals surface area contributed by atoms with Crippen LogP contribution in [0.2, 0.25) is 0 Å². The van der Waals surface area contributed by atoms with Crippen molar-refractivity contribution in [3.63, 3.8) is 0 Å². The van der Waals surface area contributed by atoms with Crippen molar-refractivity contribution in [1.29, 1.82) is 0 Å². The molecular weight excluding hydrogens is 220 g/mol. The summed E-state index contributed by atoms with van der Waals surface area (Å²) in [4.78, 5) is 25.9. The minimum atomic E-state index is -0.418. The van der Waals surface area contributed by atoms with Crippen LogP contribution in [0.5, 0.6) is 0 Å². The zero-order valence-electron chi connectivity index (χ0n) is 10.3. The Kier molecular flexibility index (Phi) is 4.45. The standard InChI is InChI=1S/C12H18N2O3/c1-7(6-15)9(3)14-12(17)10-5-4-8(2)13-11(10)16/h4-5,7,9,15H,6H2,1-3H3,(H,13,16)(H,14,17)/t7-,9-/m0/s1. The molecule has 1 aromatic rings. The molecule has 0 spiro atoms. The van der Waals surface area contributed by atoms with Crippen molar-refractivity contribution in [1.82, 2.24) is 10.3 Å². The fourth-order valence-corrected chi connectivity index (χ4v) is 1.34. The Labute approximate surface area is 99.9 Å². The molecule has 0 unspecified atom stereocenters. The van der Waals surface area contributed by atoms with E-state index in [-0.39, 0.29) is 24.1 Å². The number of pyridine rings is 1. The third-order valence-electron chi connectivity index (χ3n) is 2.80. The Morgan fingerprint density at radius 3 is 2.65 bits per heavy atom. The summed E-state index contributed by atoms with van der Waals surface area (Å²) in [6, 6.07) is 2.99. The molecular formula is C12H18N2O3. The maximum absolute atomic E-state index is 11.8. The third kappa shape index (κ3) is 3.42. The maximum atomic E-state index is 11.8. The first-order valence-electron chi connectivity index (χ1n) is 5.57. The number of carbonyl (C=O) groups excluding carboxylic acids is 1. The number of nitrogens with one attached hydrogen (secondary N) is 2. The van der Waals surface area contributed by atoms with Crippen molar-refractivity contribution < 1.29 is 9.90 Å². The summed E-state index contributed by atoms with van der Waals surface area (Å²) < 4.78 is 0. The molecule has 0 aliphatic heterocycles. The van der Waals surface area contributed by atoms with Gasteiger partial charge in [-0.15, -0.1) is 0 Å². The number of aromatic amines is 1. The van der Waals surface area contributed by atoms with E-state index in [1.807, 2.05) is 6.92 Å². The van der Waals surface area contributed by atoms with Crippen molar-refractivity contribution in [2.75, 3.05) is 6.61 Å². The van der Waals surface area contributed by atoms with E-state index in [4.69, 9.17) is 5.11 Å². The summed E-state index contributed by atoms with van der Waals surface area (Å²) >= 11 is 0. The van der Waals surface area contributed by atoms with E-state index in [1.54, 1.807) is 19.9 Å². The SMILES string of the molecule is Cc1ccc(C(=O)N[C@@H](C)[C@@H](C)CO)c(=O)[nH]1. The molecule has 17 heavy (non-hydrogen) atoms. The van der Waals surface area contributed by atoms with Crippen LogP contribution in [-0.2, 0) is 0 Å². The van der Waals surface area contributed by atoms with E-state index in [0.717, 1.165) is 0 Å². The van der Waals surface area contributed by atoms with E-state index in [0.29, 0.717) is 5.69 Å². The van der Waals surface area contributed by atoms with Gasteiger partial charge in [0.25, 0.3) is 11.5 Å². The van der Waals surface area contributed by atoms with Gasteiger partial charge in [0.05, 0.1) is 0 Å². The molecule has 0 aromatic carbocycles. The third-order valence-corrected chi connectivity index (χ3v) is 2.80. The molecule has 0 aliphatic carbocycles. The Hall–Kier alpha value is -1.62. The number of hydrogen-bond donors (Lipinski definition) is 3. The van der Waals surface area contributed by atoms with Crippen LogP contribution < -0.4 is 10.9 Å². The van der Waals surface area contributed by atoms with Gasteiger partial charge in [-0.25, -0.2) is 0 Å². The zero-order chi connectivity index (χ0) is 13.0. The second-order valence-corrected chi connectivity index (χ2v) is 4.31. The largest absolute Gasteiger partial charge is 0.396 e. The number of aromatic nitrogens is 1. The number of aliphatic hydroxyl groups excluding tert-OH is 1. The second kappa shape index (κ2) is 5.63. The minimum absolute atomic E-state index is 0.00823. The summed E-state index contributed by atoms with van der Waals surface area (Å²) in [5.74, 6) is -0.470. The van der Waals surface area contributed by atoms with Crippen molar-refractivity contribution in [2.45, 2.75) is 26.8 Å². The van der Waals surface area contributed by atoms with Crippen molar-refractivity contribution in [3.8, 4) is 0 Å². The number of hydrogen-bond acceptors (Lipinski definition) is 3. The molecule has 3 N–H and O–H groups in total. The van der Waals surface area contributed by atoms with E-state index >= 15 is 0 Å². The Morgan fingerprint density at radius 1 is 1.47 bits per heavy atom. The number of aryl methyl sites for hydroxylation is 1. The lowest BCUT2D eigenvalue weighted by molar-refractivity contribution is 0.0914. The van der Waals surface area contributed by atoms with Crippen LogP contribution in [-0.4, -0.2) is 28.6 Å². The molecule has 5 heteroatoms. The highest BCUT2D eigenvalue weighted by atomic mass is 16.3. The van der Waals surface area contributed by atoms with Crippen molar-refractivity contribution in [2.24, 2.45) is 5.92 Å². The van der Waals surface area contributed by atoms with Gasteiger partial charge in [0.1, 0.15) is 5.56 Å². The van der Waals surface area contributed by atoms with Gasteiger partial charge in [-0.1, -0.05) is 6.92 Å². The van der Waals surface area contributed by atoms with Crippen LogP contribution in [0.1, 0.15) is 29.9 Å². The molecule has 5 nitrogen and oxygen atoms in total. The summed E-state index contributed by atoms with van der Waals surface area (Å²) in [5, 5.41) is 11.6. The van der Waals surface area contributed by atoms with Crippen molar-refractivity contribution >= 4 is 5.91 Å². The van der Waals surface area contributed by atoms with Gasteiger partial charge < -0.3 is 15.4 Å². The minimum Gasteiger partial charge on any atom is -0.396 e. The van der Waals surface area contributed by atoms with Gasteiger partial charge in [0, 0.05) is 18.3 Å². The molecule has 2 atom stereocenters. The number of amides is 1. The van der Waals surface area contributed by atoms with E-state index in [9.17, 15) is 9.59 Å². The highest BCUT2D eigenvalue weighted by Crippen LogP contribution is 2.02. The summed E-state index contributed by atoms with van der Waals surface area (Å²) in [6.07, 6.45) is 0. The fraction of sp³-hybridized carbons (Fsp3) is 0.500. The van der Waals surface area contributed by atoms with Crippen LogP contribution in [0.3, 0.4) is 0 Å². The van der Waals surface area contributed by atoms with Gasteiger partial charge in [-0.2, -0.15) is 0 Å². The Balaban J connectivity index is 2.80. The summed E-state index contributed by atoms with van der Waals surface area (Å²) in [7, 11) is 0. The van der Waals surface area contributed by atoms with E-state index in [1.165, 1.54) is 6.07 Å². The lowest BCUT2D eigenvalue weighted by Gasteiger charge is -2.18. The molecule has 0 aliphatic rings. The van der Waals surface area contributed by atoms with E-state index < -0.39 is 11.5 Å². The van der Waals surface area contributed by atoms with Crippen LogP contribution in [0.15, 0.2) is 16.9 Å². The van der Waals surface area contributed by atoms with Crippen LogP contribution in [0.25, 0.3) is 0 Å². The predicted octanol–water partition coefficient (Wildman–Crippen LogP) is 0.430. The summed E-state index contributed by atoms with van der Waals surface area (Å²) in [5.41, 5.74) is 0.405. The fourth-order valence-electron chi connectivity index (χ4n) is 1.34. The quantitative estimate of drug-likeness (QED) is 0.711. The molecule has 1 amide bonds. The predicted molar refractivity (Wildman–Crippen MR) is 65.0 cm³/mol. The Morgan fingerprint density at radius 2 is 2.12 bits per heavy atom. The van der Waals surface area contributed by atoms with Crippen LogP contribution in [0.4, 0.5) is 0 Å². The number of aliphatic hydroxyl groups is 1. The first kappa shape index (κ1) is 13.4. The Bertz CT molecular complexity index is 453.